The molecule has 0 bridgehead atoms. The highest BCUT2D eigenvalue weighted by atomic mass is 35.5. The molecule has 0 aliphatic carbocycles. The van der Waals surface area contributed by atoms with E-state index in [-0.39, 0.29) is 21.7 Å². The lowest BCUT2D eigenvalue weighted by atomic mass is 10.0. The number of hydrogen-bond acceptors (Lipinski definition) is 6. The van der Waals surface area contributed by atoms with E-state index in [1.165, 1.54) is 6.07 Å². The van der Waals surface area contributed by atoms with Crippen LogP contribution < -0.4 is 10.5 Å². The number of halogens is 1. The van der Waals surface area contributed by atoms with Crippen LogP contribution in [-0.4, -0.2) is 49.6 Å². The molecule has 1 heterocycles. The van der Waals surface area contributed by atoms with Gasteiger partial charge in [0.1, 0.15) is 10.6 Å². The molecule has 3 rings (SSSR count). The highest BCUT2D eigenvalue weighted by Gasteiger charge is 2.31. The summed E-state index contributed by atoms with van der Waals surface area (Å²) in [5.41, 5.74) is 7.04. The van der Waals surface area contributed by atoms with Gasteiger partial charge in [0.15, 0.2) is 5.96 Å². The van der Waals surface area contributed by atoms with Crippen LogP contribution >= 0.6 is 11.6 Å². The van der Waals surface area contributed by atoms with Crippen molar-refractivity contribution in [1.82, 2.24) is 9.62 Å². The van der Waals surface area contributed by atoms with E-state index in [4.69, 9.17) is 17.3 Å². The van der Waals surface area contributed by atoms with E-state index in [0.717, 1.165) is 12.0 Å². The van der Waals surface area contributed by atoms with Crippen molar-refractivity contribution < 1.29 is 13.5 Å². The van der Waals surface area contributed by atoms with Crippen LogP contribution in [0.2, 0.25) is 5.02 Å². The van der Waals surface area contributed by atoms with Gasteiger partial charge in [0.05, 0.1) is 17.6 Å². The average Bonchev–Trinajstić information content (AvgIpc) is 3.02. The van der Waals surface area contributed by atoms with Crippen molar-refractivity contribution in [3.8, 4) is 5.75 Å². The van der Waals surface area contributed by atoms with Crippen molar-refractivity contribution in [1.29, 1.82) is 0 Å². The van der Waals surface area contributed by atoms with E-state index in [2.05, 4.69) is 23.6 Å². The van der Waals surface area contributed by atoms with Gasteiger partial charge in [-0.05, 0) is 48.6 Å². The summed E-state index contributed by atoms with van der Waals surface area (Å²) >= 11 is 6.15. The van der Waals surface area contributed by atoms with Crippen LogP contribution in [0.4, 0.5) is 0 Å². The Kier molecular flexibility index (Phi) is 7.46. The number of aromatic hydroxyl groups is 1. The molecule has 0 radical (unpaired) electrons. The number of nitrogens with two attached hydrogens (primary N) is 1. The van der Waals surface area contributed by atoms with Crippen LogP contribution in [0.5, 0.6) is 5.75 Å². The summed E-state index contributed by atoms with van der Waals surface area (Å²) in [5, 5.41) is 9.74. The quantitative estimate of drug-likeness (QED) is 0.528. The minimum atomic E-state index is -3.86. The Labute approximate surface area is 189 Å². The third-order valence-corrected chi connectivity index (χ3v) is 7.25. The fraction of sp³-hybridized carbons (Fsp3) is 0.409. The number of phenols is 1. The molecule has 168 valence electrons. The van der Waals surface area contributed by atoms with Gasteiger partial charge in [-0.1, -0.05) is 49.7 Å². The molecule has 31 heavy (non-hydrogen) atoms. The second-order valence-corrected chi connectivity index (χ2v) is 10.3. The SMILES string of the molecule is CC(C)C[C@H]1CN=C(N)N1C[C@H](Cc1ccc(O)cc1)NS(=O)(=O)c1ccccc1Cl. The summed E-state index contributed by atoms with van der Waals surface area (Å²) in [6.07, 6.45) is 1.33. The molecular weight excluding hydrogens is 436 g/mol. The molecule has 9 heteroatoms. The molecule has 1 aliphatic heterocycles. The Hall–Kier alpha value is -2.29. The van der Waals surface area contributed by atoms with Gasteiger partial charge in [-0.15, -0.1) is 0 Å². The highest BCUT2D eigenvalue weighted by molar-refractivity contribution is 7.89. The Bertz CT molecular complexity index is 1030. The first-order chi connectivity index (χ1) is 14.7. The molecule has 0 saturated carbocycles. The van der Waals surface area contributed by atoms with E-state index in [0.29, 0.717) is 31.4 Å². The van der Waals surface area contributed by atoms with Gasteiger partial charge in [0.2, 0.25) is 10.0 Å². The maximum atomic E-state index is 13.1. The van der Waals surface area contributed by atoms with Gasteiger partial charge in [0.25, 0.3) is 0 Å². The van der Waals surface area contributed by atoms with Crippen LogP contribution in [0.25, 0.3) is 0 Å². The normalized spacial score (nSPS) is 17.7. The molecule has 0 amide bonds. The second kappa shape index (κ2) is 9.89. The number of guanidine groups is 1. The summed E-state index contributed by atoms with van der Waals surface area (Å²) in [5.74, 6) is 1.05. The Morgan fingerprint density at radius 1 is 1.23 bits per heavy atom. The smallest absolute Gasteiger partial charge is 0.242 e. The van der Waals surface area contributed by atoms with Crippen molar-refractivity contribution in [2.45, 2.75) is 43.7 Å². The van der Waals surface area contributed by atoms with Crippen LogP contribution in [-0.2, 0) is 16.4 Å². The summed E-state index contributed by atoms with van der Waals surface area (Å²) in [4.78, 5) is 6.40. The molecule has 0 saturated heterocycles. The van der Waals surface area contributed by atoms with E-state index in [1.807, 2.05) is 4.90 Å². The predicted octanol–water partition coefficient (Wildman–Crippen LogP) is 2.98. The minimum Gasteiger partial charge on any atom is -0.508 e. The molecule has 4 N–H and O–H groups in total. The molecule has 7 nitrogen and oxygen atoms in total. The van der Waals surface area contributed by atoms with Gasteiger partial charge >= 0.3 is 0 Å². The molecule has 0 spiro atoms. The first kappa shape index (κ1) is 23.4. The third kappa shape index (κ3) is 6.12. The summed E-state index contributed by atoms with van der Waals surface area (Å²) in [6, 6.07) is 12.7. The maximum Gasteiger partial charge on any atom is 0.242 e. The van der Waals surface area contributed by atoms with Crippen molar-refractivity contribution in [2.75, 3.05) is 13.1 Å². The van der Waals surface area contributed by atoms with Crippen LogP contribution in [0.3, 0.4) is 0 Å². The van der Waals surface area contributed by atoms with E-state index >= 15 is 0 Å². The Morgan fingerprint density at radius 3 is 2.55 bits per heavy atom. The fourth-order valence-electron chi connectivity index (χ4n) is 3.81. The van der Waals surface area contributed by atoms with Crippen molar-refractivity contribution in [3.63, 3.8) is 0 Å². The van der Waals surface area contributed by atoms with Gasteiger partial charge in [-0.3, -0.25) is 4.99 Å². The molecule has 2 atom stereocenters. The molecule has 0 aromatic heterocycles. The lowest BCUT2D eigenvalue weighted by Crippen LogP contribution is -2.51. The first-order valence-electron chi connectivity index (χ1n) is 10.3. The zero-order valence-electron chi connectivity index (χ0n) is 17.7. The number of benzene rings is 2. The predicted molar refractivity (Wildman–Crippen MR) is 124 cm³/mol. The summed E-state index contributed by atoms with van der Waals surface area (Å²) in [6.45, 7) is 5.26. The van der Waals surface area contributed by atoms with E-state index in [9.17, 15) is 13.5 Å². The molecular formula is C22H29ClN4O3S. The monoisotopic (exact) mass is 464 g/mol. The van der Waals surface area contributed by atoms with Crippen molar-refractivity contribution in [3.05, 3.63) is 59.1 Å². The third-order valence-electron chi connectivity index (χ3n) is 5.23. The molecule has 0 unspecified atom stereocenters. The topological polar surface area (TPSA) is 108 Å². The lowest BCUT2D eigenvalue weighted by molar-refractivity contribution is 0.275. The Morgan fingerprint density at radius 2 is 1.90 bits per heavy atom. The zero-order valence-corrected chi connectivity index (χ0v) is 19.3. The summed E-state index contributed by atoms with van der Waals surface area (Å²) < 4.78 is 29.0. The average molecular weight is 465 g/mol. The number of aliphatic imine (C=N–C) groups is 1. The first-order valence-corrected chi connectivity index (χ1v) is 12.1. The number of sulfonamides is 1. The highest BCUT2D eigenvalue weighted by Crippen LogP contribution is 2.23. The molecule has 0 fully saturated rings. The van der Waals surface area contributed by atoms with E-state index < -0.39 is 16.1 Å². The fourth-order valence-corrected chi connectivity index (χ4v) is 5.55. The molecule has 2 aromatic rings. The lowest BCUT2D eigenvalue weighted by Gasteiger charge is -2.31. The van der Waals surface area contributed by atoms with Crippen LogP contribution in [0.15, 0.2) is 58.4 Å². The maximum absolute atomic E-state index is 13.1. The standard InChI is InChI=1S/C22H29ClN4O3S/c1-15(2)11-18-13-25-22(24)27(18)14-17(12-16-7-9-19(28)10-8-16)26-31(29,30)21-6-4-3-5-20(21)23/h3-10,15,17-18,26,28H,11-14H2,1-2H3,(H2,24,25)/t17-,18-/m0/s1. The zero-order chi connectivity index (χ0) is 22.6. The van der Waals surface area contributed by atoms with E-state index in [1.54, 1.807) is 42.5 Å². The number of nitrogens with zero attached hydrogens (tertiary/aromatic N) is 2. The number of phenolic OH excluding ortho intramolecular Hbond substituents is 1. The number of rotatable bonds is 9. The molecule has 1 aliphatic rings. The van der Waals surface area contributed by atoms with Crippen LogP contribution in [0, 0.1) is 5.92 Å². The Balaban J connectivity index is 1.86. The van der Waals surface area contributed by atoms with Crippen molar-refractivity contribution in [2.24, 2.45) is 16.6 Å². The van der Waals surface area contributed by atoms with Gasteiger partial charge < -0.3 is 15.7 Å². The van der Waals surface area contributed by atoms with Gasteiger partial charge in [0, 0.05) is 12.6 Å². The second-order valence-electron chi connectivity index (χ2n) is 8.25. The molecule has 2 aromatic carbocycles. The minimum absolute atomic E-state index is 0.0363. The summed E-state index contributed by atoms with van der Waals surface area (Å²) in [7, 11) is -3.86. The van der Waals surface area contributed by atoms with Gasteiger partial charge in [-0.2, -0.15) is 0 Å². The van der Waals surface area contributed by atoms with Crippen molar-refractivity contribution >= 4 is 27.6 Å². The number of nitrogens with one attached hydrogen (secondary N) is 1. The largest absolute Gasteiger partial charge is 0.508 e. The number of hydrogen-bond donors (Lipinski definition) is 3. The van der Waals surface area contributed by atoms with Gasteiger partial charge in [-0.25, -0.2) is 13.1 Å². The van der Waals surface area contributed by atoms with Crippen LogP contribution in [0.1, 0.15) is 25.8 Å².